The minimum atomic E-state index is -0.494. The lowest BCUT2D eigenvalue weighted by Crippen LogP contribution is -2.38. The fraction of sp³-hybridized carbons (Fsp3) is 0.143. The second kappa shape index (κ2) is 7.44. The van der Waals surface area contributed by atoms with E-state index < -0.39 is 11.5 Å². The highest BCUT2D eigenvalue weighted by Gasteiger charge is 2.20. The molecule has 4 nitrogen and oxygen atoms in total. The van der Waals surface area contributed by atoms with E-state index in [1.54, 1.807) is 30.3 Å². The highest BCUT2D eigenvalue weighted by atomic mass is 35.5. The third kappa shape index (κ3) is 3.41. The quantitative estimate of drug-likeness (QED) is 0.425. The molecule has 2 aromatic heterocycles. The molecule has 0 bridgehead atoms. The lowest BCUT2D eigenvalue weighted by Gasteiger charge is -2.13. The van der Waals surface area contributed by atoms with Crippen LogP contribution in [0, 0.1) is 19.7 Å². The highest BCUT2D eigenvalue weighted by Crippen LogP contribution is 2.28. The molecule has 0 radical (unpaired) electrons. The maximum atomic E-state index is 13.4. The second-order valence-corrected chi connectivity index (χ2v) is 8.73. The molecule has 0 amide bonds. The number of nitrogens with zero attached hydrogens (tertiary/aromatic N) is 2. The molecule has 0 aliphatic heterocycles. The summed E-state index contributed by atoms with van der Waals surface area (Å²) in [5, 5.41) is 1.21. The van der Waals surface area contributed by atoms with Gasteiger partial charge < -0.3 is 0 Å². The first-order valence-corrected chi connectivity index (χ1v) is 10.3. The van der Waals surface area contributed by atoms with Crippen LogP contribution < -0.4 is 11.2 Å². The summed E-state index contributed by atoms with van der Waals surface area (Å²) < 4.78 is 16.1. The van der Waals surface area contributed by atoms with Gasteiger partial charge in [0.05, 0.1) is 17.6 Å². The molecule has 148 valence electrons. The van der Waals surface area contributed by atoms with Crippen molar-refractivity contribution < 1.29 is 4.39 Å². The van der Waals surface area contributed by atoms with Crippen molar-refractivity contribution in [3.05, 3.63) is 95.2 Å². The molecule has 0 atom stereocenters. The van der Waals surface area contributed by atoms with E-state index in [-0.39, 0.29) is 17.1 Å². The predicted octanol–water partition coefficient (Wildman–Crippen LogP) is 5.32. The molecule has 0 aliphatic carbocycles. The number of aryl methyl sites for hydroxylation is 2. The van der Waals surface area contributed by atoms with Crippen molar-refractivity contribution in [3.63, 3.8) is 0 Å². The summed E-state index contributed by atoms with van der Waals surface area (Å²) in [5.74, 6) is -0.454. The van der Waals surface area contributed by atoms with Crippen molar-refractivity contribution in [1.29, 1.82) is 0 Å². The molecule has 2 aromatic carbocycles. The van der Waals surface area contributed by atoms with Crippen molar-refractivity contribution in [3.8, 4) is 5.69 Å². The third-order valence-electron chi connectivity index (χ3n) is 4.88. The zero-order valence-corrected chi connectivity index (χ0v) is 17.8. The number of thiophene rings is 1. The molecule has 0 fully saturated rings. The Balaban J connectivity index is 2.05. The van der Waals surface area contributed by atoms with Crippen LogP contribution in [-0.2, 0) is 6.54 Å². The number of rotatable bonds is 3. The Labute approximate surface area is 179 Å². The Bertz CT molecular complexity index is 1370. The lowest BCUT2D eigenvalue weighted by atomic mass is 10.2. The first kappa shape index (κ1) is 19.9. The van der Waals surface area contributed by atoms with Crippen LogP contribution in [-0.4, -0.2) is 9.13 Å². The van der Waals surface area contributed by atoms with Gasteiger partial charge in [0.1, 0.15) is 10.6 Å². The van der Waals surface area contributed by atoms with Crippen molar-refractivity contribution >= 4 is 44.8 Å². The molecule has 0 saturated carbocycles. The molecule has 0 N–H and O–H groups in total. The van der Waals surface area contributed by atoms with Gasteiger partial charge in [0, 0.05) is 14.9 Å². The number of hydrogen-bond donors (Lipinski definition) is 0. The number of aromatic nitrogens is 2. The zero-order valence-electron chi connectivity index (χ0n) is 15.5. The van der Waals surface area contributed by atoms with Crippen LogP contribution in [0.15, 0.2) is 52.1 Å². The molecule has 4 aromatic rings. The van der Waals surface area contributed by atoms with E-state index in [0.717, 1.165) is 15.0 Å². The fourth-order valence-electron chi connectivity index (χ4n) is 3.23. The first-order valence-electron chi connectivity index (χ1n) is 8.73. The standard InChI is InChI=1S/C21H15Cl2FN2O2S/c1-11-12(2)29-20-18(11)19(27)26(16-7-4-14(22)5-8-16)21(28)25(20)10-13-3-6-15(24)9-17(13)23/h3-9H,10H2,1-2H3. The van der Waals surface area contributed by atoms with Crippen LogP contribution >= 0.6 is 34.5 Å². The van der Waals surface area contributed by atoms with E-state index in [1.165, 1.54) is 28.0 Å². The van der Waals surface area contributed by atoms with Gasteiger partial charge >= 0.3 is 5.69 Å². The van der Waals surface area contributed by atoms with Crippen molar-refractivity contribution in [2.45, 2.75) is 20.4 Å². The van der Waals surface area contributed by atoms with E-state index in [4.69, 9.17) is 23.2 Å². The smallest absolute Gasteiger partial charge is 0.279 e. The molecule has 4 rings (SSSR count). The van der Waals surface area contributed by atoms with Crippen LogP contribution in [0.5, 0.6) is 0 Å². The van der Waals surface area contributed by atoms with Crippen LogP contribution in [0.4, 0.5) is 4.39 Å². The van der Waals surface area contributed by atoms with Crippen LogP contribution in [0.25, 0.3) is 15.9 Å². The van der Waals surface area contributed by atoms with E-state index in [9.17, 15) is 14.0 Å². The summed E-state index contributed by atoms with van der Waals surface area (Å²) in [5.41, 5.74) is 0.966. The van der Waals surface area contributed by atoms with Gasteiger partial charge in [-0.15, -0.1) is 11.3 Å². The molecule has 29 heavy (non-hydrogen) atoms. The largest absolute Gasteiger partial charge is 0.337 e. The van der Waals surface area contributed by atoms with Gasteiger partial charge in [-0.1, -0.05) is 29.3 Å². The van der Waals surface area contributed by atoms with Crippen LogP contribution in [0.1, 0.15) is 16.0 Å². The number of benzene rings is 2. The van der Waals surface area contributed by atoms with E-state index >= 15 is 0 Å². The van der Waals surface area contributed by atoms with Crippen molar-refractivity contribution in [1.82, 2.24) is 9.13 Å². The Hall–Kier alpha value is -2.41. The van der Waals surface area contributed by atoms with E-state index in [0.29, 0.717) is 26.5 Å². The molecule has 2 heterocycles. The van der Waals surface area contributed by atoms with Gasteiger partial charge in [-0.05, 0) is 61.4 Å². The van der Waals surface area contributed by atoms with Gasteiger partial charge in [-0.2, -0.15) is 0 Å². The van der Waals surface area contributed by atoms with Crippen LogP contribution in [0.3, 0.4) is 0 Å². The summed E-state index contributed by atoms with van der Waals surface area (Å²) in [6, 6.07) is 10.5. The topological polar surface area (TPSA) is 44.0 Å². The highest BCUT2D eigenvalue weighted by molar-refractivity contribution is 7.18. The summed E-state index contributed by atoms with van der Waals surface area (Å²) in [6.07, 6.45) is 0. The monoisotopic (exact) mass is 448 g/mol. The molecule has 0 saturated heterocycles. The van der Waals surface area contributed by atoms with Gasteiger partial charge in [-0.25, -0.2) is 13.8 Å². The maximum Gasteiger partial charge on any atom is 0.337 e. The zero-order chi connectivity index (χ0) is 20.9. The molecular formula is C21H15Cl2FN2O2S. The average Bonchev–Trinajstić information content (AvgIpc) is 2.97. The Morgan fingerprint density at radius 1 is 1.03 bits per heavy atom. The Morgan fingerprint density at radius 3 is 2.38 bits per heavy atom. The Kier molecular flexibility index (Phi) is 5.11. The average molecular weight is 449 g/mol. The van der Waals surface area contributed by atoms with Crippen molar-refractivity contribution in [2.75, 3.05) is 0 Å². The molecular weight excluding hydrogens is 434 g/mol. The predicted molar refractivity (Wildman–Crippen MR) is 117 cm³/mol. The van der Waals surface area contributed by atoms with Gasteiger partial charge in [0.25, 0.3) is 5.56 Å². The Morgan fingerprint density at radius 2 is 1.72 bits per heavy atom. The summed E-state index contributed by atoms with van der Waals surface area (Å²) >= 11 is 13.5. The van der Waals surface area contributed by atoms with Crippen LogP contribution in [0.2, 0.25) is 10.0 Å². The second-order valence-electron chi connectivity index (χ2n) is 6.68. The molecule has 0 unspecified atom stereocenters. The van der Waals surface area contributed by atoms with Gasteiger partial charge in [0.15, 0.2) is 0 Å². The van der Waals surface area contributed by atoms with E-state index in [1.807, 2.05) is 13.8 Å². The normalized spacial score (nSPS) is 11.3. The molecule has 0 aliphatic rings. The van der Waals surface area contributed by atoms with Gasteiger partial charge in [-0.3, -0.25) is 9.36 Å². The SMILES string of the molecule is Cc1sc2c(c1C)c(=O)n(-c1ccc(Cl)cc1)c(=O)n2Cc1ccc(F)cc1Cl. The van der Waals surface area contributed by atoms with Gasteiger partial charge in [0.2, 0.25) is 0 Å². The minimum absolute atomic E-state index is 0.113. The number of halogens is 3. The minimum Gasteiger partial charge on any atom is -0.279 e. The number of hydrogen-bond acceptors (Lipinski definition) is 3. The fourth-order valence-corrected chi connectivity index (χ4v) is 4.73. The van der Waals surface area contributed by atoms with E-state index in [2.05, 4.69) is 0 Å². The molecule has 0 spiro atoms. The summed E-state index contributed by atoms with van der Waals surface area (Å²) in [4.78, 5) is 28.1. The maximum absolute atomic E-state index is 13.4. The first-order chi connectivity index (χ1) is 13.8. The van der Waals surface area contributed by atoms with Crippen molar-refractivity contribution in [2.24, 2.45) is 0 Å². The summed E-state index contributed by atoms with van der Waals surface area (Å²) in [7, 11) is 0. The third-order valence-corrected chi connectivity index (χ3v) is 6.71. The molecule has 8 heteroatoms. The summed E-state index contributed by atoms with van der Waals surface area (Å²) in [6.45, 7) is 3.88. The lowest BCUT2D eigenvalue weighted by molar-refractivity contribution is 0.626. The number of fused-ring (bicyclic) bond motifs is 1.